The fraction of sp³-hybridized carbons (Fsp3) is 0.588. The number of nitrogen functional groups attached to an aromatic ring is 1. The molecule has 1 aromatic rings. The van der Waals surface area contributed by atoms with Crippen LogP contribution in [-0.2, 0) is 12.8 Å². The summed E-state index contributed by atoms with van der Waals surface area (Å²) in [7, 11) is 0. The average Bonchev–Trinajstić information content (AvgIpc) is 2.38. The Morgan fingerprint density at radius 3 is 2.37 bits per heavy atom. The lowest BCUT2D eigenvalue weighted by atomic mass is 9.92. The third-order valence-electron chi connectivity index (χ3n) is 3.81. The number of hydrogen-bond donors (Lipinski definition) is 1. The maximum atomic E-state index is 6.15. The molecule has 0 aliphatic heterocycles. The van der Waals surface area contributed by atoms with E-state index < -0.39 is 0 Å². The molecule has 0 fully saturated rings. The Hall–Kier alpha value is -1.31. The lowest BCUT2D eigenvalue weighted by Gasteiger charge is -2.18. The SMILES string of the molecule is C=C(CCCCC)c1c(N)nc(CC)c(CC)c1C. The molecule has 19 heavy (non-hydrogen) atoms. The van der Waals surface area contributed by atoms with Crippen LogP contribution in [-0.4, -0.2) is 4.98 Å². The molecule has 0 radical (unpaired) electrons. The van der Waals surface area contributed by atoms with Crippen LogP contribution >= 0.6 is 0 Å². The van der Waals surface area contributed by atoms with Crippen molar-refractivity contribution in [3.05, 3.63) is 29.0 Å². The first-order valence-electron chi connectivity index (χ1n) is 7.52. The second kappa shape index (κ2) is 7.32. The molecular formula is C17H28N2. The summed E-state index contributed by atoms with van der Waals surface area (Å²) in [5, 5.41) is 0. The molecule has 0 saturated carbocycles. The third kappa shape index (κ3) is 3.59. The minimum atomic E-state index is 0.660. The third-order valence-corrected chi connectivity index (χ3v) is 3.81. The Bertz CT molecular complexity index is 447. The van der Waals surface area contributed by atoms with Gasteiger partial charge in [0.25, 0.3) is 0 Å². The average molecular weight is 260 g/mol. The van der Waals surface area contributed by atoms with Crippen LogP contribution in [0.2, 0.25) is 0 Å². The molecular weight excluding hydrogens is 232 g/mol. The maximum Gasteiger partial charge on any atom is 0.131 e. The number of pyridine rings is 1. The number of aromatic nitrogens is 1. The highest BCUT2D eigenvalue weighted by atomic mass is 14.8. The molecule has 0 atom stereocenters. The van der Waals surface area contributed by atoms with Crippen molar-refractivity contribution in [1.29, 1.82) is 0 Å². The number of unbranched alkanes of at least 4 members (excludes halogenated alkanes) is 2. The minimum absolute atomic E-state index is 0.660. The monoisotopic (exact) mass is 260 g/mol. The van der Waals surface area contributed by atoms with Gasteiger partial charge in [0.1, 0.15) is 5.82 Å². The Labute approximate surface area is 118 Å². The molecule has 0 aliphatic carbocycles. The van der Waals surface area contributed by atoms with Crippen LogP contribution < -0.4 is 5.73 Å². The fourth-order valence-electron chi connectivity index (χ4n) is 2.75. The van der Waals surface area contributed by atoms with Crippen LogP contribution in [0.4, 0.5) is 5.82 Å². The second-order valence-corrected chi connectivity index (χ2v) is 5.19. The van der Waals surface area contributed by atoms with Gasteiger partial charge in [-0.25, -0.2) is 4.98 Å². The lowest BCUT2D eigenvalue weighted by Crippen LogP contribution is -2.08. The minimum Gasteiger partial charge on any atom is -0.383 e. The molecule has 1 rings (SSSR count). The zero-order valence-corrected chi connectivity index (χ0v) is 13.0. The quantitative estimate of drug-likeness (QED) is 0.722. The van der Waals surface area contributed by atoms with Gasteiger partial charge in [-0.1, -0.05) is 40.2 Å². The summed E-state index contributed by atoms with van der Waals surface area (Å²) in [6.45, 7) is 12.9. The first-order chi connectivity index (χ1) is 9.06. The molecule has 0 aromatic carbocycles. The molecule has 1 heterocycles. The van der Waals surface area contributed by atoms with Crippen molar-refractivity contribution in [2.24, 2.45) is 0 Å². The highest BCUT2D eigenvalue weighted by Gasteiger charge is 2.15. The van der Waals surface area contributed by atoms with Gasteiger partial charge in [-0.2, -0.15) is 0 Å². The van der Waals surface area contributed by atoms with E-state index in [9.17, 15) is 0 Å². The highest BCUT2D eigenvalue weighted by molar-refractivity contribution is 5.75. The number of nitrogens with zero attached hydrogens (tertiary/aromatic N) is 1. The van der Waals surface area contributed by atoms with E-state index in [1.165, 1.54) is 30.4 Å². The van der Waals surface area contributed by atoms with E-state index in [0.29, 0.717) is 5.82 Å². The number of hydrogen-bond acceptors (Lipinski definition) is 2. The van der Waals surface area contributed by atoms with Crippen molar-refractivity contribution in [2.45, 2.75) is 66.2 Å². The summed E-state index contributed by atoms with van der Waals surface area (Å²) in [6.07, 6.45) is 6.64. The van der Waals surface area contributed by atoms with Crippen LogP contribution in [0.25, 0.3) is 5.57 Å². The summed E-state index contributed by atoms with van der Waals surface area (Å²) < 4.78 is 0. The van der Waals surface area contributed by atoms with Gasteiger partial charge >= 0.3 is 0 Å². The van der Waals surface area contributed by atoms with E-state index >= 15 is 0 Å². The molecule has 0 aliphatic rings. The van der Waals surface area contributed by atoms with Crippen molar-refractivity contribution in [3.63, 3.8) is 0 Å². The summed E-state index contributed by atoms with van der Waals surface area (Å²) >= 11 is 0. The van der Waals surface area contributed by atoms with Gasteiger partial charge in [0.05, 0.1) is 0 Å². The molecule has 2 N–H and O–H groups in total. The van der Waals surface area contributed by atoms with Crippen molar-refractivity contribution in [1.82, 2.24) is 4.98 Å². The van der Waals surface area contributed by atoms with Crippen molar-refractivity contribution >= 4 is 11.4 Å². The first-order valence-corrected chi connectivity index (χ1v) is 7.52. The van der Waals surface area contributed by atoms with Gasteiger partial charge in [0, 0.05) is 11.3 Å². The highest BCUT2D eigenvalue weighted by Crippen LogP contribution is 2.30. The standard InChI is InChI=1S/C17H28N2/c1-6-9-10-11-12(4)16-13(5)14(7-2)15(8-3)19-17(16)18/h4,6-11H2,1-3,5H3,(H2,18,19). The first kappa shape index (κ1) is 15.7. The van der Waals surface area contributed by atoms with Gasteiger partial charge < -0.3 is 5.73 Å². The number of anilines is 1. The van der Waals surface area contributed by atoms with Gasteiger partial charge in [0.2, 0.25) is 0 Å². The van der Waals surface area contributed by atoms with Crippen molar-refractivity contribution < 1.29 is 0 Å². The summed E-state index contributed by atoms with van der Waals surface area (Å²) in [6, 6.07) is 0. The van der Waals surface area contributed by atoms with E-state index in [2.05, 4.69) is 39.3 Å². The molecule has 0 bridgehead atoms. The molecule has 0 saturated heterocycles. The number of aryl methyl sites for hydroxylation is 1. The zero-order chi connectivity index (χ0) is 14.4. The fourth-order valence-corrected chi connectivity index (χ4v) is 2.75. The van der Waals surface area contributed by atoms with Gasteiger partial charge in [0.15, 0.2) is 0 Å². The Morgan fingerprint density at radius 1 is 1.16 bits per heavy atom. The van der Waals surface area contributed by atoms with Gasteiger partial charge in [-0.05, 0) is 49.3 Å². The van der Waals surface area contributed by atoms with E-state index in [-0.39, 0.29) is 0 Å². The molecule has 2 nitrogen and oxygen atoms in total. The predicted octanol–water partition coefficient (Wildman–Crippen LogP) is 4.69. The van der Waals surface area contributed by atoms with Crippen LogP contribution in [0.15, 0.2) is 6.58 Å². The maximum absolute atomic E-state index is 6.15. The topological polar surface area (TPSA) is 38.9 Å². The number of rotatable bonds is 7. The van der Waals surface area contributed by atoms with Crippen LogP contribution in [0, 0.1) is 6.92 Å². The Kier molecular flexibility index (Phi) is 6.07. The number of allylic oxidation sites excluding steroid dienone is 1. The lowest BCUT2D eigenvalue weighted by molar-refractivity contribution is 0.735. The molecule has 0 spiro atoms. The normalized spacial score (nSPS) is 10.7. The number of nitrogens with two attached hydrogens (primary N) is 1. The molecule has 0 amide bonds. The van der Waals surface area contributed by atoms with E-state index in [0.717, 1.165) is 36.1 Å². The van der Waals surface area contributed by atoms with Crippen molar-refractivity contribution in [3.8, 4) is 0 Å². The van der Waals surface area contributed by atoms with E-state index in [1.807, 2.05) is 0 Å². The molecule has 1 aromatic heterocycles. The summed E-state index contributed by atoms with van der Waals surface area (Å²) in [5.74, 6) is 0.660. The largest absolute Gasteiger partial charge is 0.383 e. The van der Waals surface area contributed by atoms with Crippen molar-refractivity contribution in [2.75, 3.05) is 5.73 Å². The second-order valence-electron chi connectivity index (χ2n) is 5.19. The summed E-state index contributed by atoms with van der Waals surface area (Å²) in [4.78, 5) is 4.59. The van der Waals surface area contributed by atoms with Crippen LogP contribution in [0.3, 0.4) is 0 Å². The smallest absolute Gasteiger partial charge is 0.131 e. The van der Waals surface area contributed by atoms with E-state index in [1.54, 1.807) is 0 Å². The van der Waals surface area contributed by atoms with Gasteiger partial charge in [-0.3, -0.25) is 0 Å². The van der Waals surface area contributed by atoms with Crippen LogP contribution in [0.5, 0.6) is 0 Å². The Morgan fingerprint density at radius 2 is 1.84 bits per heavy atom. The zero-order valence-electron chi connectivity index (χ0n) is 13.0. The summed E-state index contributed by atoms with van der Waals surface area (Å²) in [5.41, 5.74) is 12.2. The predicted molar refractivity (Wildman–Crippen MR) is 85.3 cm³/mol. The molecule has 2 heteroatoms. The van der Waals surface area contributed by atoms with Crippen LogP contribution in [0.1, 0.15) is 68.8 Å². The van der Waals surface area contributed by atoms with E-state index in [4.69, 9.17) is 5.73 Å². The van der Waals surface area contributed by atoms with Gasteiger partial charge in [-0.15, -0.1) is 0 Å². The molecule has 0 unspecified atom stereocenters. The molecule has 106 valence electrons. The Balaban J connectivity index is 3.10.